The quantitative estimate of drug-likeness (QED) is 0.341. The number of primary amides is 1. The van der Waals surface area contributed by atoms with Crippen LogP contribution in [0, 0.1) is 0 Å². The maximum absolute atomic E-state index is 10.4. The number of nitrogens with two attached hydrogens (primary N) is 1. The maximum Gasteiger partial charge on any atom is 0.312 e. The summed E-state index contributed by atoms with van der Waals surface area (Å²) in [6.45, 7) is 2.53. The van der Waals surface area contributed by atoms with Gasteiger partial charge < -0.3 is 25.0 Å². The van der Waals surface area contributed by atoms with E-state index in [-0.39, 0.29) is 0 Å². The molecule has 3 N–H and O–H groups in total. The fraction of sp³-hybridized carbons (Fsp3) is 0.889. The second-order valence-electron chi connectivity index (χ2n) is 3.29. The van der Waals surface area contributed by atoms with E-state index in [1.807, 2.05) is 6.92 Å². The van der Waals surface area contributed by atoms with Gasteiger partial charge in [-0.3, -0.25) is 0 Å². The van der Waals surface area contributed by atoms with Gasteiger partial charge in [0.05, 0.1) is 0 Å². The van der Waals surface area contributed by atoms with Crippen LogP contribution in [-0.4, -0.2) is 42.5 Å². The van der Waals surface area contributed by atoms with E-state index in [1.165, 1.54) is 0 Å². The zero-order valence-electron chi connectivity index (χ0n) is 10.2. The third-order valence-electron chi connectivity index (χ3n) is 2.25. The molecule has 0 aromatic heterocycles. The van der Waals surface area contributed by atoms with Crippen molar-refractivity contribution in [3.63, 3.8) is 0 Å². The Bertz CT molecular complexity index is 192. The summed E-state index contributed by atoms with van der Waals surface area (Å²) in [6, 6.07) is 0.452. The minimum Gasteiger partial charge on any atom is -0.376 e. The van der Waals surface area contributed by atoms with Crippen molar-refractivity contribution in [2.75, 3.05) is 20.8 Å². The fourth-order valence-electron chi connectivity index (χ4n) is 1.26. The highest BCUT2D eigenvalue weighted by atomic mass is 28.2. The van der Waals surface area contributed by atoms with E-state index in [2.05, 4.69) is 5.32 Å². The van der Waals surface area contributed by atoms with E-state index in [9.17, 15) is 4.79 Å². The standard InChI is InChI=1S/C9H22N2O4Si/c1-4-9(13-2,14-3)15-16-7-5-6-11-8(10)12/h4-7,16H2,1-3H3,(H3,10,11,12). The van der Waals surface area contributed by atoms with E-state index in [4.69, 9.17) is 19.6 Å². The van der Waals surface area contributed by atoms with Crippen LogP contribution in [0.5, 0.6) is 0 Å². The normalized spacial score (nSPS) is 12.2. The van der Waals surface area contributed by atoms with Gasteiger partial charge >= 0.3 is 6.03 Å². The molecule has 0 heterocycles. The Kier molecular flexibility index (Phi) is 8.17. The zero-order chi connectivity index (χ0) is 12.4. The highest BCUT2D eigenvalue weighted by molar-refractivity contribution is 6.27. The number of rotatable bonds is 9. The Morgan fingerprint density at radius 2 is 2.06 bits per heavy atom. The summed E-state index contributed by atoms with van der Waals surface area (Å²) in [5.41, 5.74) is 4.93. The first-order valence-electron chi connectivity index (χ1n) is 5.37. The number of ether oxygens (including phenoxy) is 2. The average Bonchev–Trinajstić information content (AvgIpc) is 2.29. The van der Waals surface area contributed by atoms with Crippen molar-refractivity contribution in [1.82, 2.24) is 5.32 Å². The highest BCUT2D eigenvalue weighted by Crippen LogP contribution is 2.17. The van der Waals surface area contributed by atoms with Gasteiger partial charge in [0.15, 0.2) is 9.76 Å². The van der Waals surface area contributed by atoms with Crippen LogP contribution in [0.1, 0.15) is 19.8 Å². The van der Waals surface area contributed by atoms with Crippen LogP contribution in [0.2, 0.25) is 6.04 Å². The monoisotopic (exact) mass is 250 g/mol. The van der Waals surface area contributed by atoms with Gasteiger partial charge in [0.2, 0.25) is 0 Å². The molecular weight excluding hydrogens is 228 g/mol. The first-order chi connectivity index (χ1) is 7.60. The van der Waals surface area contributed by atoms with Crippen molar-refractivity contribution >= 4 is 15.8 Å². The third-order valence-corrected chi connectivity index (χ3v) is 3.68. The Morgan fingerprint density at radius 3 is 2.50 bits per heavy atom. The predicted molar refractivity (Wildman–Crippen MR) is 63.7 cm³/mol. The van der Waals surface area contributed by atoms with Gasteiger partial charge in [0.25, 0.3) is 5.97 Å². The van der Waals surface area contributed by atoms with Crippen LogP contribution in [0.25, 0.3) is 0 Å². The number of carbonyl (C=O) groups excluding carboxylic acids is 1. The lowest BCUT2D eigenvalue weighted by Gasteiger charge is -2.29. The Labute approximate surface area is 98.7 Å². The van der Waals surface area contributed by atoms with Crippen molar-refractivity contribution < 1.29 is 18.7 Å². The molecule has 0 aliphatic rings. The number of nitrogens with one attached hydrogen (secondary N) is 1. The van der Waals surface area contributed by atoms with Crippen molar-refractivity contribution in [1.29, 1.82) is 0 Å². The zero-order valence-corrected chi connectivity index (χ0v) is 11.7. The van der Waals surface area contributed by atoms with E-state index in [0.29, 0.717) is 13.0 Å². The lowest BCUT2D eigenvalue weighted by atomic mass is 10.4. The molecule has 0 aromatic rings. The molecule has 2 amide bonds. The van der Waals surface area contributed by atoms with Gasteiger partial charge in [-0.05, 0) is 12.5 Å². The molecule has 0 fully saturated rings. The molecule has 0 atom stereocenters. The van der Waals surface area contributed by atoms with Gasteiger partial charge in [-0.25, -0.2) is 4.79 Å². The first-order valence-corrected chi connectivity index (χ1v) is 6.95. The first kappa shape index (κ1) is 15.4. The Morgan fingerprint density at radius 1 is 1.44 bits per heavy atom. The van der Waals surface area contributed by atoms with E-state index in [1.54, 1.807) is 14.2 Å². The van der Waals surface area contributed by atoms with Crippen LogP contribution in [0.15, 0.2) is 0 Å². The Balaban J connectivity index is 3.59. The maximum atomic E-state index is 10.4. The molecule has 0 radical (unpaired) electrons. The average molecular weight is 250 g/mol. The number of hydrogen-bond donors (Lipinski definition) is 2. The fourth-order valence-corrected chi connectivity index (χ4v) is 2.61. The molecule has 0 bridgehead atoms. The molecule has 0 aliphatic heterocycles. The molecule has 0 saturated carbocycles. The number of carbonyl (C=O) groups is 1. The summed E-state index contributed by atoms with van der Waals surface area (Å²) >= 11 is 0. The summed E-state index contributed by atoms with van der Waals surface area (Å²) in [7, 11) is 2.42. The minimum atomic E-state index is -0.886. The van der Waals surface area contributed by atoms with Gasteiger partial charge in [0, 0.05) is 27.2 Å². The topological polar surface area (TPSA) is 82.8 Å². The summed E-state index contributed by atoms with van der Waals surface area (Å²) in [5, 5.41) is 2.53. The lowest BCUT2D eigenvalue weighted by molar-refractivity contribution is -0.324. The largest absolute Gasteiger partial charge is 0.376 e. The summed E-state index contributed by atoms with van der Waals surface area (Å²) in [4.78, 5) is 10.4. The van der Waals surface area contributed by atoms with E-state index >= 15 is 0 Å². The molecular formula is C9H22N2O4Si. The number of urea groups is 1. The molecule has 0 unspecified atom stereocenters. The van der Waals surface area contributed by atoms with E-state index in [0.717, 1.165) is 12.5 Å². The van der Waals surface area contributed by atoms with Crippen LogP contribution in [0.3, 0.4) is 0 Å². The second kappa shape index (κ2) is 8.51. The van der Waals surface area contributed by atoms with Crippen LogP contribution >= 0.6 is 0 Å². The molecule has 6 nitrogen and oxygen atoms in total. The summed E-state index contributed by atoms with van der Waals surface area (Å²) < 4.78 is 16.0. The third kappa shape index (κ3) is 6.06. The molecule has 0 aromatic carbocycles. The summed E-state index contributed by atoms with van der Waals surface area (Å²) in [5.74, 6) is -0.886. The van der Waals surface area contributed by atoms with Crippen molar-refractivity contribution in [2.45, 2.75) is 31.8 Å². The van der Waals surface area contributed by atoms with Gasteiger partial charge in [0.1, 0.15) is 0 Å². The molecule has 7 heteroatoms. The number of hydrogen-bond acceptors (Lipinski definition) is 4. The van der Waals surface area contributed by atoms with Crippen molar-refractivity contribution in [2.24, 2.45) is 5.73 Å². The molecule has 0 spiro atoms. The van der Waals surface area contributed by atoms with Crippen molar-refractivity contribution in [3.8, 4) is 0 Å². The van der Waals surface area contributed by atoms with E-state index < -0.39 is 21.8 Å². The SMILES string of the molecule is CCC(OC)(OC)O[SiH2]CCCNC(N)=O. The molecule has 0 rings (SSSR count). The lowest BCUT2D eigenvalue weighted by Crippen LogP contribution is -2.37. The molecule has 16 heavy (non-hydrogen) atoms. The van der Waals surface area contributed by atoms with Crippen LogP contribution in [-0.2, 0) is 13.9 Å². The molecule has 96 valence electrons. The predicted octanol–water partition coefficient (Wildman–Crippen LogP) is -0.0799. The Hall–Kier alpha value is -0.633. The second-order valence-corrected chi connectivity index (χ2v) is 4.70. The van der Waals surface area contributed by atoms with Crippen LogP contribution < -0.4 is 11.1 Å². The molecule has 0 saturated heterocycles. The number of amides is 2. The van der Waals surface area contributed by atoms with Gasteiger partial charge in [-0.15, -0.1) is 0 Å². The van der Waals surface area contributed by atoms with Gasteiger partial charge in [-0.1, -0.05) is 6.92 Å². The smallest absolute Gasteiger partial charge is 0.312 e. The van der Waals surface area contributed by atoms with Gasteiger partial charge in [-0.2, -0.15) is 0 Å². The summed E-state index contributed by atoms with van der Waals surface area (Å²) in [6.07, 6.45) is 1.51. The number of methoxy groups -OCH3 is 2. The minimum absolute atomic E-state index is 0.487. The van der Waals surface area contributed by atoms with Crippen LogP contribution in [0.4, 0.5) is 4.79 Å². The molecule has 0 aliphatic carbocycles. The highest BCUT2D eigenvalue weighted by Gasteiger charge is 2.27. The van der Waals surface area contributed by atoms with Crippen molar-refractivity contribution in [3.05, 3.63) is 0 Å².